The number of aliphatic hydroxyl groups is 1. The quantitative estimate of drug-likeness (QED) is 0.707. The van der Waals surface area contributed by atoms with Crippen LogP contribution >= 0.6 is 0 Å². The minimum Gasteiger partial charge on any atom is -0.481 e. The first kappa shape index (κ1) is 14.1. The van der Waals surface area contributed by atoms with Gasteiger partial charge < -0.3 is 20.4 Å². The molecule has 2 atom stereocenters. The van der Waals surface area contributed by atoms with Gasteiger partial charge in [0, 0.05) is 13.1 Å². The monoisotopic (exact) mass is 270 g/mol. The Kier molecular flexibility index (Phi) is 3.99. The number of hydrogen-bond donors (Lipinski definition) is 3. The number of rotatable bonds is 3. The summed E-state index contributed by atoms with van der Waals surface area (Å²) in [7, 11) is 0. The van der Waals surface area contributed by atoms with Crippen LogP contribution in [0.2, 0.25) is 0 Å². The Morgan fingerprint density at radius 3 is 2.58 bits per heavy atom. The molecule has 3 N–H and O–H groups in total. The van der Waals surface area contributed by atoms with Crippen LogP contribution in [-0.2, 0) is 4.79 Å². The predicted octanol–water partition coefficient (Wildman–Crippen LogP) is 0.796. The molecule has 1 saturated heterocycles. The Hall–Kier alpha value is -1.30. The van der Waals surface area contributed by atoms with Gasteiger partial charge in [0.25, 0.3) is 0 Å². The molecule has 1 saturated carbocycles. The van der Waals surface area contributed by atoms with Gasteiger partial charge >= 0.3 is 12.0 Å². The van der Waals surface area contributed by atoms with Crippen LogP contribution in [-0.4, -0.2) is 51.8 Å². The van der Waals surface area contributed by atoms with Crippen LogP contribution in [0.4, 0.5) is 4.79 Å². The van der Waals surface area contributed by atoms with Crippen LogP contribution in [0.3, 0.4) is 0 Å². The Labute approximate surface area is 112 Å². The number of nitrogens with zero attached hydrogens (tertiary/aromatic N) is 1. The van der Waals surface area contributed by atoms with Gasteiger partial charge in [-0.15, -0.1) is 0 Å². The number of likely N-dealkylation sites (tertiary alicyclic amines) is 1. The van der Waals surface area contributed by atoms with Crippen molar-refractivity contribution in [2.24, 2.45) is 5.92 Å². The minimum atomic E-state index is -0.873. The molecular weight excluding hydrogens is 248 g/mol. The second kappa shape index (κ2) is 5.36. The number of carbonyl (C=O) groups excluding carboxylic acids is 1. The van der Waals surface area contributed by atoms with Gasteiger partial charge in [-0.25, -0.2) is 4.79 Å². The zero-order valence-corrected chi connectivity index (χ0v) is 11.3. The van der Waals surface area contributed by atoms with E-state index in [0.717, 1.165) is 19.3 Å². The summed E-state index contributed by atoms with van der Waals surface area (Å²) in [5.74, 6) is -0.807. The highest BCUT2D eigenvalue weighted by molar-refractivity contribution is 5.77. The van der Waals surface area contributed by atoms with Crippen molar-refractivity contribution in [3.05, 3.63) is 0 Å². The van der Waals surface area contributed by atoms with E-state index >= 15 is 0 Å². The number of carbonyl (C=O) groups is 2. The molecule has 2 amide bonds. The van der Waals surface area contributed by atoms with Crippen LogP contribution in [0.15, 0.2) is 0 Å². The summed E-state index contributed by atoms with van der Waals surface area (Å²) < 4.78 is 0. The summed E-state index contributed by atoms with van der Waals surface area (Å²) in [6.45, 7) is 2.97. The van der Waals surface area contributed by atoms with Crippen molar-refractivity contribution in [3.8, 4) is 0 Å². The maximum absolute atomic E-state index is 12.2. The number of carboxylic acid groups (broad SMARTS) is 1. The standard InChI is InChI=1S/C13H22N2O4/c1-9-8-15(6-3-10(9)16)12(19)14-13(4-2-5-13)7-11(17)18/h9-10,16H,2-8H2,1H3,(H,14,19)(H,17,18). The van der Waals surface area contributed by atoms with Gasteiger partial charge in [-0.1, -0.05) is 6.92 Å². The molecule has 2 rings (SSSR count). The maximum Gasteiger partial charge on any atom is 0.317 e. The highest BCUT2D eigenvalue weighted by Crippen LogP contribution is 2.35. The average Bonchev–Trinajstić information content (AvgIpc) is 2.29. The van der Waals surface area contributed by atoms with Crippen molar-refractivity contribution < 1.29 is 19.8 Å². The van der Waals surface area contributed by atoms with E-state index in [2.05, 4.69) is 5.32 Å². The summed E-state index contributed by atoms with van der Waals surface area (Å²) in [5.41, 5.74) is -0.553. The fourth-order valence-electron chi connectivity index (χ4n) is 2.86. The molecular formula is C13H22N2O4. The number of piperidine rings is 1. The predicted molar refractivity (Wildman–Crippen MR) is 68.7 cm³/mol. The summed E-state index contributed by atoms with van der Waals surface area (Å²) in [6, 6.07) is -0.195. The Bertz CT molecular complexity index is 368. The smallest absolute Gasteiger partial charge is 0.317 e. The van der Waals surface area contributed by atoms with E-state index in [-0.39, 0.29) is 24.5 Å². The van der Waals surface area contributed by atoms with E-state index in [9.17, 15) is 14.7 Å². The highest BCUT2D eigenvalue weighted by Gasteiger charge is 2.41. The minimum absolute atomic E-state index is 0.00917. The molecule has 0 radical (unpaired) electrons. The van der Waals surface area contributed by atoms with Crippen molar-refractivity contribution in [1.29, 1.82) is 0 Å². The number of amides is 2. The number of aliphatic carboxylic acids is 1. The van der Waals surface area contributed by atoms with Crippen LogP contribution in [0.1, 0.15) is 39.0 Å². The summed E-state index contributed by atoms with van der Waals surface area (Å²) in [5, 5.41) is 21.5. The van der Waals surface area contributed by atoms with Gasteiger partial charge in [0.1, 0.15) is 0 Å². The van der Waals surface area contributed by atoms with Crippen molar-refractivity contribution >= 4 is 12.0 Å². The third-order valence-electron chi connectivity index (χ3n) is 4.32. The fraction of sp³-hybridized carbons (Fsp3) is 0.846. The summed E-state index contributed by atoms with van der Waals surface area (Å²) in [6.07, 6.45) is 2.66. The third kappa shape index (κ3) is 3.18. The van der Waals surface area contributed by atoms with Crippen molar-refractivity contribution in [2.45, 2.75) is 50.7 Å². The SMILES string of the molecule is CC1CN(C(=O)NC2(CC(=O)O)CCC2)CCC1O. The van der Waals surface area contributed by atoms with E-state index < -0.39 is 11.5 Å². The van der Waals surface area contributed by atoms with Crippen LogP contribution in [0, 0.1) is 5.92 Å². The lowest BCUT2D eigenvalue weighted by Gasteiger charge is -2.44. The number of carboxylic acids is 1. The Balaban J connectivity index is 1.91. The van der Waals surface area contributed by atoms with Gasteiger partial charge in [0.05, 0.1) is 18.1 Å². The molecule has 0 aromatic rings. The molecule has 0 spiro atoms. The third-order valence-corrected chi connectivity index (χ3v) is 4.32. The molecule has 108 valence electrons. The van der Waals surface area contributed by atoms with E-state index in [1.807, 2.05) is 6.92 Å². The zero-order valence-electron chi connectivity index (χ0n) is 11.3. The van der Waals surface area contributed by atoms with Gasteiger partial charge in [-0.3, -0.25) is 4.79 Å². The van der Waals surface area contributed by atoms with Crippen molar-refractivity contribution in [2.75, 3.05) is 13.1 Å². The average molecular weight is 270 g/mol. The molecule has 0 aromatic heterocycles. The molecule has 0 aromatic carbocycles. The molecule has 1 aliphatic carbocycles. The first-order valence-corrected chi connectivity index (χ1v) is 6.89. The van der Waals surface area contributed by atoms with Crippen LogP contribution < -0.4 is 5.32 Å². The second-order valence-electron chi connectivity index (χ2n) is 5.91. The van der Waals surface area contributed by atoms with Crippen molar-refractivity contribution in [1.82, 2.24) is 10.2 Å². The molecule has 19 heavy (non-hydrogen) atoms. The van der Waals surface area contributed by atoms with E-state index in [1.165, 1.54) is 0 Å². The normalized spacial score (nSPS) is 29.5. The lowest BCUT2D eigenvalue weighted by atomic mass is 9.74. The van der Waals surface area contributed by atoms with E-state index in [1.54, 1.807) is 4.90 Å². The molecule has 0 bridgehead atoms. The van der Waals surface area contributed by atoms with Gasteiger partial charge in [0.15, 0.2) is 0 Å². The molecule has 6 heteroatoms. The largest absolute Gasteiger partial charge is 0.481 e. The summed E-state index contributed by atoms with van der Waals surface area (Å²) >= 11 is 0. The lowest BCUT2D eigenvalue weighted by molar-refractivity contribution is -0.139. The molecule has 2 aliphatic rings. The van der Waals surface area contributed by atoms with Gasteiger partial charge in [0.2, 0.25) is 0 Å². The number of urea groups is 1. The molecule has 1 aliphatic heterocycles. The first-order valence-electron chi connectivity index (χ1n) is 6.89. The van der Waals surface area contributed by atoms with Gasteiger partial charge in [-0.05, 0) is 31.6 Å². The molecule has 1 heterocycles. The lowest BCUT2D eigenvalue weighted by Crippen LogP contribution is -2.59. The first-order chi connectivity index (χ1) is 8.92. The molecule has 6 nitrogen and oxygen atoms in total. The van der Waals surface area contributed by atoms with Gasteiger partial charge in [-0.2, -0.15) is 0 Å². The number of hydrogen-bond acceptors (Lipinski definition) is 3. The molecule has 2 fully saturated rings. The van der Waals surface area contributed by atoms with Crippen LogP contribution in [0.5, 0.6) is 0 Å². The highest BCUT2D eigenvalue weighted by atomic mass is 16.4. The topological polar surface area (TPSA) is 89.9 Å². The number of aliphatic hydroxyl groups excluding tert-OH is 1. The Morgan fingerprint density at radius 2 is 2.11 bits per heavy atom. The Morgan fingerprint density at radius 1 is 1.42 bits per heavy atom. The molecule has 2 unspecified atom stereocenters. The fourth-order valence-corrected chi connectivity index (χ4v) is 2.86. The van der Waals surface area contributed by atoms with E-state index in [4.69, 9.17) is 5.11 Å². The van der Waals surface area contributed by atoms with Crippen LogP contribution in [0.25, 0.3) is 0 Å². The van der Waals surface area contributed by atoms with E-state index in [0.29, 0.717) is 19.5 Å². The maximum atomic E-state index is 12.2. The number of nitrogens with one attached hydrogen (secondary N) is 1. The van der Waals surface area contributed by atoms with Crippen molar-refractivity contribution in [3.63, 3.8) is 0 Å². The summed E-state index contributed by atoms with van der Waals surface area (Å²) in [4.78, 5) is 24.7. The zero-order chi connectivity index (χ0) is 14.0. The second-order valence-corrected chi connectivity index (χ2v) is 5.91.